The predicted molar refractivity (Wildman–Crippen MR) is 140 cm³/mol. The molecule has 4 aromatic rings. The molecule has 2 bridgehead atoms. The highest BCUT2D eigenvalue weighted by atomic mass is 16.5. The van der Waals surface area contributed by atoms with E-state index in [2.05, 4.69) is 54.8 Å². The summed E-state index contributed by atoms with van der Waals surface area (Å²) >= 11 is 0. The number of ether oxygens (including phenoxy) is 1. The average molecular weight is 470 g/mol. The predicted octanol–water partition coefficient (Wildman–Crippen LogP) is 5.23. The minimum absolute atomic E-state index is 0.377. The Balaban J connectivity index is 0.000000301. The molecule has 2 amide bonds. The van der Waals surface area contributed by atoms with Gasteiger partial charge in [0.15, 0.2) is 0 Å². The van der Waals surface area contributed by atoms with Crippen molar-refractivity contribution in [2.45, 2.75) is 39.8 Å². The largest absolute Gasteiger partial charge is 0.489 e. The van der Waals surface area contributed by atoms with Gasteiger partial charge in [0.2, 0.25) is 0 Å². The van der Waals surface area contributed by atoms with Crippen molar-refractivity contribution in [2.24, 2.45) is 5.73 Å². The molecule has 6 rings (SSSR count). The van der Waals surface area contributed by atoms with Gasteiger partial charge in [-0.2, -0.15) is 0 Å². The minimum Gasteiger partial charge on any atom is -0.489 e. The Labute approximate surface area is 205 Å². The molecular weight excluding hydrogens is 438 g/mol. The molecule has 180 valence electrons. The number of anilines is 1. The smallest absolute Gasteiger partial charge is 0.316 e. The molecule has 3 aromatic carbocycles. The van der Waals surface area contributed by atoms with Gasteiger partial charge in [-0.1, -0.05) is 56.3 Å². The number of likely N-dealkylation sites (N-methyl/N-ethyl adjacent to an activating group) is 1. The van der Waals surface area contributed by atoms with Crippen LogP contribution in [0.25, 0.3) is 10.9 Å². The summed E-state index contributed by atoms with van der Waals surface area (Å²) in [5, 5.41) is 0.925. The number of nitrogens with two attached hydrogens (primary N) is 1. The third kappa shape index (κ3) is 5.38. The van der Waals surface area contributed by atoms with Gasteiger partial charge in [0.25, 0.3) is 0 Å². The van der Waals surface area contributed by atoms with Crippen molar-refractivity contribution in [1.82, 2.24) is 4.57 Å². The van der Waals surface area contributed by atoms with Crippen LogP contribution in [-0.2, 0) is 22.7 Å². The quantitative estimate of drug-likeness (QED) is 0.407. The lowest BCUT2D eigenvalue weighted by Crippen LogP contribution is -2.40. The minimum atomic E-state index is -0.946. The third-order valence-electron chi connectivity index (χ3n) is 6.15. The first-order valence-corrected chi connectivity index (χ1v) is 11.9. The van der Waals surface area contributed by atoms with E-state index in [4.69, 9.17) is 10.5 Å². The summed E-state index contributed by atoms with van der Waals surface area (Å²) in [6.45, 7) is 8.08. The molecule has 35 heavy (non-hydrogen) atoms. The summed E-state index contributed by atoms with van der Waals surface area (Å²) < 4.78 is 7.34. The van der Waals surface area contributed by atoms with Crippen molar-refractivity contribution >= 4 is 28.4 Å². The van der Waals surface area contributed by atoms with E-state index in [0.29, 0.717) is 18.2 Å². The summed E-state index contributed by atoms with van der Waals surface area (Å²) in [5.74, 6) is -0.169. The van der Waals surface area contributed by atoms with Crippen LogP contribution < -0.4 is 15.4 Å². The number of fused-ring (bicyclic) bond motifs is 4. The van der Waals surface area contributed by atoms with Crippen molar-refractivity contribution in [3.63, 3.8) is 0 Å². The van der Waals surface area contributed by atoms with Crippen LogP contribution in [0.4, 0.5) is 5.69 Å². The van der Waals surface area contributed by atoms with Crippen LogP contribution in [0, 0.1) is 0 Å². The summed E-state index contributed by atoms with van der Waals surface area (Å²) in [4.78, 5) is 25.0. The van der Waals surface area contributed by atoms with Crippen LogP contribution in [0.1, 0.15) is 43.4 Å². The summed E-state index contributed by atoms with van der Waals surface area (Å²) in [7, 11) is 0. The van der Waals surface area contributed by atoms with E-state index >= 15 is 0 Å². The van der Waals surface area contributed by atoms with Crippen LogP contribution >= 0.6 is 0 Å². The van der Waals surface area contributed by atoms with Crippen LogP contribution in [-0.4, -0.2) is 22.9 Å². The van der Waals surface area contributed by atoms with Gasteiger partial charge in [-0.25, -0.2) is 0 Å². The van der Waals surface area contributed by atoms with Gasteiger partial charge in [-0.05, 0) is 59.9 Å². The van der Waals surface area contributed by atoms with Crippen molar-refractivity contribution in [3.8, 4) is 5.75 Å². The first kappa shape index (κ1) is 24.1. The zero-order chi connectivity index (χ0) is 24.9. The van der Waals surface area contributed by atoms with Gasteiger partial charge in [0.1, 0.15) is 12.4 Å². The molecule has 0 spiro atoms. The third-order valence-corrected chi connectivity index (χ3v) is 6.15. The molecule has 2 aliphatic heterocycles. The highest BCUT2D eigenvalue weighted by Crippen LogP contribution is 2.29. The summed E-state index contributed by atoms with van der Waals surface area (Å²) in [5.41, 5.74) is 10.7. The molecule has 6 heteroatoms. The maximum Gasteiger partial charge on any atom is 0.316 e. The Hall–Kier alpha value is -4.06. The second kappa shape index (κ2) is 10.5. The van der Waals surface area contributed by atoms with E-state index in [9.17, 15) is 9.59 Å². The fraction of sp³-hybridized carbons (Fsp3) is 0.241. The molecule has 0 saturated carbocycles. The van der Waals surface area contributed by atoms with Crippen LogP contribution in [0.15, 0.2) is 79.0 Å². The van der Waals surface area contributed by atoms with E-state index in [-0.39, 0.29) is 0 Å². The van der Waals surface area contributed by atoms with Crippen LogP contribution in [0.3, 0.4) is 0 Å². The molecule has 0 radical (unpaired) electrons. The Morgan fingerprint density at radius 1 is 1.03 bits per heavy atom. The molecule has 0 atom stereocenters. The topological polar surface area (TPSA) is 77.6 Å². The van der Waals surface area contributed by atoms with Crippen LogP contribution in [0.2, 0.25) is 0 Å². The number of amides is 2. The number of rotatable bonds is 5. The molecular formula is C29H31N3O3. The molecule has 0 aliphatic carbocycles. The fourth-order valence-corrected chi connectivity index (χ4v) is 4.23. The van der Waals surface area contributed by atoms with Crippen molar-refractivity contribution in [1.29, 1.82) is 0 Å². The highest BCUT2D eigenvalue weighted by Gasteiger charge is 2.21. The number of hydrogen-bond donors (Lipinski definition) is 1. The highest BCUT2D eigenvalue weighted by molar-refractivity contribution is 6.40. The molecule has 1 aromatic heterocycles. The van der Waals surface area contributed by atoms with E-state index in [1.54, 1.807) is 0 Å². The molecule has 0 fully saturated rings. The SMILES string of the molecule is CCN(C(=O)C(N)=O)c1cccc2c1ccn2Cc1cccc(C(C)C)c1.c1cc2ccc1CO2. The van der Waals surface area contributed by atoms with Gasteiger partial charge in [0, 0.05) is 24.7 Å². The Kier molecular flexibility index (Phi) is 7.20. The summed E-state index contributed by atoms with van der Waals surface area (Å²) in [6.07, 6.45) is 2.01. The number of aromatic nitrogens is 1. The van der Waals surface area contributed by atoms with E-state index in [1.165, 1.54) is 21.6 Å². The van der Waals surface area contributed by atoms with E-state index in [0.717, 1.165) is 29.8 Å². The molecule has 0 unspecified atom stereocenters. The zero-order valence-electron chi connectivity index (χ0n) is 20.4. The molecule has 0 saturated heterocycles. The Morgan fingerprint density at radius 2 is 1.77 bits per heavy atom. The van der Waals surface area contributed by atoms with Gasteiger partial charge in [0.05, 0.1) is 11.2 Å². The lowest BCUT2D eigenvalue weighted by molar-refractivity contribution is -0.135. The lowest BCUT2D eigenvalue weighted by atomic mass is 10.0. The van der Waals surface area contributed by atoms with Gasteiger partial charge < -0.3 is 19.9 Å². The fourth-order valence-electron chi connectivity index (χ4n) is 4.23. The Bertz CT molecular complexity index is 1320. The zero-order valence-corrected chi connectivity index (χ0v) is 20.4. The number of carbonyl (C=O) groups is 2. The number of benzene rings is 3. The monoisotopic (exact) mass is 469 g/mol. The first-order chi connectivity index (χ1) is 16.9. The molecule has 6 nitrogen and oxygen atoms in total. The van der Waals surface area contributed by atoms with Crippen molar-refractivity contribution in [2.75, 3.05) is 11.4 Å². The van der Waals surface area contributed by atoms with Crippen LogP contribution in [0.5, 0.6) is 5.75 Å². The van der Waals surface area contributed by atoms with Crippen molar-refractivity contribution < 1.29 is 14.3 Å². The maximum absolute atomic E-state index is 12.2. The van der Waals surface area contributed by atoms with Gasteiger partial charge in [-0.15, -0.1) is 0 Å². The number of carbonyl (C=O) groups excluding carboxylic acids is 2. The summed E-state index contributed by atoms with van der Waals surface area (Å²) in [6, 6.07) is 24.5. The van der Waals surface area contributed by atoms with E-state index < -0.39 is 11.8 Å². The maximum atomic E-state index is 12.2. The number of nitrogens with zero attached hydrogens (tertiary/aromatic N) is 2. The molecule has 2 aliphatic rings. The van der Waals surface area contributed by atoms with Crippen molar-refractivity contribution in [3.05, 3.63) is 95.7 Å². The number of primary amides is 1. The lowest BCUT2D eigenvalue weighted by Gasteiger charge is -2.20. The Morgan fingerprint density at radius 3 is 2.31 bits per heavy atom. The van der Waals surface area contributed by atoms with Gasteiger partial charge >= 0.3 is 11.8 Å². The van der Waals surface area contributed by atoms with E-state index in [1.807, 2.05) is 49.5 Å². The molecule has 2 N–H and O–H groups in total. The second-order valence-corrected chi connectivity index (χ2v) is 8.90. The first-order valence-electron chi connectivity index (χ1n) is 11.9. The normalized spacial score (nSPS) is 11.7. The van der Waals surface area contributed by atoms with Gasteiger partial charge in [-0.3, -0.25) is 9.59 Å². The standard InChI is InChI=1S/C22H25N3O2.C7H6O/c1-4-25(22(27)21(23)26)20-10-6-9-19-18(20)11-12-24(19)14-16-7-5-8-17(13-16)15(2)3;1-3-7-4-2-6(1)5-8-7/h5-13,15H,4,14H2,1-3H3,(H2,23,26);1-4H,5H2. The molecule has 3 heterocycles. The average Bonchev–Trinajstić information content (AvgIpc) is 3.29. The number of hydrogen-bond acceptors (Lipinski definition) is 3. The second-order valence-electron chi connectivity index (χ2n) is 8.90.